The second-order valence-corrected chi connectivity index (χ2v) is 6.92. The third-order valence-electron chi connectivity index (χ3n) is 5.13. The summed E-state index contributed by atoms with van der Waals surface area (Å²) in [6.07, 6.45) is 1.60. The normalized spacial score (nSPS) is 12.9. The Morgan fingerprint density at radius 1 is 0.839 bits per heavy atom. The first-order valence-corrected chi connectivity index (χ1v) is 9.66. The Hall–Kier alpha value is -4.06. The van der Waals surface area contributed by atoms with Crippen LogP contribution < -0.4 is 9.64 Å². The zero-order valence-electron chi connectivity index (χ0n) is 17.4. The molecule has 4 rings (SSSR count). The van der Waals surface area contributed by atoms with Crippen LogP contribution in [0.1, 0.15) is 5.56 Å². The minimum absolute atomic E-state index is 0.0130. The molecule has 1 aliphatic rings. The molecule has 0 amide bonds. The van der Waals surface area contributed by atoms with E-state index in [9.17, 15) is 9.59 Å². The van der Waals surface area contributed by atoms with Crippen molar-refractivity contribution in [3.8, 4) is 5.75 Å². The Bertz CT molecular complexity index is 1230. The maximum absolute atomic E-state index is 12.9. The lowest BCUT2D eigenvalue weighted by atomic mass is 10.0. The SMILES string of the molecule is COC(=O)C1=Cc2ccc3ccccc3c2OC(N(C)c2ccccc2)=C1C(=O)OC. The summed E-state index contributed by atoms with van der Waals surface area (Å²) in [6.45, 7) is 0. The second kappa shape index (κ2) is 8.36. The predicted octanol–water partition coefficient (Wildman–Crippen LogP) is 4.31. The Balaban J connectivity index is 2.04. The van der Waals surface area contributed by atoms with Crippen LogP contribution in [0.3, 0.4) is 0 Å². The minimum atomic E-state index is -0.702. The van der Waals surface area contributed by atoms with Gasteiger partial charge in [-0.1, -0.05) is 54.6 Å². The lowest BCUT2D eigenvalue weighted by Crippen LogP contribution is -2.27. The monoisotopic (exact) mass is 415 g/mol. The van der Waals surface area contributed by atoms with Crippen LogP contribution in [-0.2, 0) is 19.1 Å². The molecule has 0 bridgehead atoms. The summed E-state index contributed by atoms with van der Waals surface area (Å²) >= 11 is 0. The number of anilines is 1. The van der Waals surface area contributed by atoms with Gasteiger partial charge in [0.15, 0.2) is 0 Å². The molecule has 6 heteroatoms. The number of esters is 2. The summed E-state index contributed by atoms with van der Waals surface area (Å²) in [7, 11) is 4.29. The fourth-order valence-corrected chi connectivity index (χ4v) is 3.55. The van der Waals surface area contributed by atoms with E-state index in [0.29, 0.717) is 11.3 Å². The lowest BCUT2D eigenvalue weighted by molar-refractivity contribution is -0.139. The number of hydrogen-bond acceptors (Lipinski definition) is 6. The molecule has 6 nitrogen and oxygen atoms in total. The molecule has 0 atom stereocenters. The number of ether oxygens (including phenoxy) is 3. The Kier molecular flexibility index (Phi) is 5.45. The van der Waals surface area contributed by atoms with Crippen LogP contribution in [0.4, 0.5) is 5.69 Å². The van der Waals surface area contributed by atoms with Crippen LogP contribution in [0.25, 0.3) is 16.8 Å². The summed E-state index contributed by atoms with van der Waals surface area (Å²) in [6, 6.07) is 20.9. The predicted molar refractivity (Wildman–Crippen MR) is 118 cm³/mol. The van der Waals surface area contributed by atoms with Crippen LogP contribution >= 0.6 is 0 Å². The zero-order valence-corrected chi connectivity index (χ0v) is 17.4. The number of nitrogens with zero attached hydrogens (tertiary/aromatic N) is 1. The molecule has 0 radical (unpaired) electrons. The van der Waals surface area contributed by atoms with Gasteiger partial charge in [0.05, 0.1) is 19.8 Å². The third-order valence-corrected chi connectivity index (χ3v) is 5.13. The average Bonchev–Trinajstić information content (AvgIpc) is 3.00. The van der Waals surface area contributed by atoms with Gasteiger partial charge < -0.3 is 19.1 Å². The molecule has 3 aromatic carbocycles. The van der Waals surface area contributed by atoms with E-state index in [1.807, 2.05) is 66.7 Å². The maximum Gasteiger partial charge on any atom is 0.344 e. The zero-order chi connectivity index (χ0) is 22.0. The van der Waals surface area contributed by atoms with Crippen LogP contribution in [-0.4, -0.2) is 33.2 Å². The largest absolute Gasteiger partial charge is 0.465 e. The quantitative estimate of drug-likeness (QED) is 0.592. The average molecular weight is 415 g/mol. The van der Waals surface area contributed by atoms with Gasteiger partial charge in [0.1, 0.15) is 11.3 Å². The summed E-state index contributed by atoms with van der Waals surface area (Å²) in [5.74, 6) is -0.656. The van der Waals surface area contributed by atoms with E-state index >= 15 is 0 Å². The molecular weight excluding hydrogens is 394 g/mol. The van der Waals surface area contributed by atoms with Gasteiger partial charge >= 0.3 is 11.9 Å². The topological polar surface area (TPSA) is 65.1 Å². The highest BCUT2D eigenvalue weighted by Crippen LogP contribution is 2.39. The first-order chi connectivity index (χ1) is 15.0. The maximum atomic E-state index is 12.9. The van der Waals surface area contributed by atoms with Crippen molar-refractivity contribution in [1.82, 2.24) is 0 Å². The highest BCUT2D eigenvalue weighted by molar-refractivity contribution is 6.12. The molecule has 1 heterocycles. The van der Waals surface area contributed by atoms with Crippen LogP contribution in [0.5, 0.6) is 5.75 Å². The number of carbonyl (C=O) groups excluding carboxylic acids is 2. The summed E-state index contributed by atoms with van der Waals surface area (Å²) in [5.41, 5.74) is 1.46. The van der Waals surface area contributed by atoms with Crippen molar-refractivity contribution >= 4 is 34.5 Å². The van der Waals surface area contributed by atoms with Crippen molar-refractivity contribution in [3.63, 3.8) is 0 Å². The van der Waals surface area contributed by atoms with E-state index in [0.717, 1.165) is 16.5 Å². The van der Waals surface area contributed by atoms with E-state index in [4.69, 9.17) is 14.2 Å². The number of hydrogen-bond donors (Lipinski definition) is 0. The summed E-state index contributed by atoms with van der Waals surface area (Å²) < 4.78 is 16.4. The summed E-state index contributed by atoms with van der Waals surface area (Å²) in [4.78, 5) is 27.3. The van der Waals surface area contributed by atoms with E-state index in [1.54, 1.807) is 18.0 Å². The fraction of sp³-hybridized carbons (Fsp3) is 0.120. The van der Waals surface area contributed by atoms with E-state index < -0.39 is 11.9 Å². The molecule has 1 aliphatic heterocycles. The number of para-hydroxylation sites is 1. The van der Waals surface area contributed by atoms with E-state index in [-0.39, 0.29) is 17.0 Å². The van der Waals surface area contributed by atoms with Crippen molar-refractivity contribution in [1.29, 1.82) is 0 Å². The van der Waals surface area contributed by atoms with Gasteiger partial charge in [0.25, 0.3) is 0 Å². The van der Waals surface area contributed by atoms with Crippen molar-refractivity contribution in [2.24, 2.45) is 0 Å². The number of carbonyl (C=O) groups is 2. The number of fused-ring (bicyclic) bond motifs is 3. The van der Waals surface area contributed by atoms with Crippen LogP contribution in [0.2, 0.25) is 0 Å². The molecule has 0 saturated carbocycles. The molecule has 156 valence electrons. The lowest BCUT2D eigenvalue weighted by Gasteiger charge is -2.25. The highest BCUT2D eigenvalue weighted by atomic mass is 16.5. The second-order valence-electron chi connectivity index (χ2n) is 6.92. The molecular formula is C25H21NO5. The number of methoxy groups -OCH3 is 2. The molecule has 0 fully saturated rings. The van der Waals surface area contributed by atoms with Gasteiger partial charge in [-0.25, -0.2) is 9.59 Å². The molecule has 0 unspecified atom stereocenters. The first-order valence-electron chi connectivity index (χ1n) is 9.66. The smallest absolute Gasteiger partial charge is 0.344 e. The van der Waals surface area contributed by atoms with E-state index in [2.05, 4.69) is 0 Å². The van der Waals surface area contributed by atoms with Gasteiger partial charge in [-0.3, -0.25) is 0 Å². The van der Waals surface area contributed by atoms with Gasteiger partial charge in [-0.05, 0) is 23.6 Å². The molecule has 31 heavy (non-hydrogen) atoms. The van der Waals surface area contributed by atoms with E-state index in [1.165, 1.54) is 14.2 Å². The Morgan fingerprint density at radius 3 is 2.23 bits per heavy atom. The van der Waals surface area contributed by atoms with Crippen molar-refractivity contribution in [3.05, 3.63) is 89.3 Å². The number of benzene rings is 3. The van der Waals surface area contributed by atoms with Crippen LogP contribution in [0.15, 0.2) is 83.8 Å². The standard InChI is InChI=1S/C25H21NO5/c1-26(18-10-5-4-6-11-18)23-21(25(28)30-3)20(24(27)29-2)15-17-14-13-16-9-7-8-12-19(16)22(17)31-23/h4-15H,1-3H3. The molecule has 0 saturated heterocycles. The third kappa shape index (κ3) is 3.64. The minimum Gasteiger partial charge on any atom is -0.465 e. The summed E-state index contributed by atoms with van der Waals surface area (Å²) in [5, 5.41) is 1.82. The Morgan fingerprint density at radius 2 is 1.52 bits per heavy atom. The Labute approximate surface area is 179 Å². The fourth-order valence-electron chi connectivity index (χ4n) is 3.55. The van der Waals surface area contributed by atoms with Gasteiger partial charge in [0, 0.05) is 23.7 Å². The van der Waals surface area contributed by atoms with Crippen molar-refractivity contribution in [2.75, 3.05) is 26.2 Å². The van der Waals surface area contributed by atoms with Gasteiger partial charge in [-0.15, -0.1) is 0 Å². The van der Waals surface area contributed by atoms with Crippen LogP contribution in [0, 0.1) is 0 Å². The number of rotatable bonds is 4. The first kappa shape index (κ1) is 20.2. The van der Waals surface area contributed by atoms with Gasteiger partial charge in [-0.2, -0.15) is 0 Å². The van der Waals surface area contributed by atoms with Crippen molar-refractivity contribution in [2.45, 2.75) is 0 Å². The molecule has 0 aromatic heterocycles. The molecule has 0 N–H and O–H groups in total. The molecule has 3 aromatic rings. The highest BCUT2D eigenvalue weighted by Gasteiger charge is 2.33. The van der Waals surface area contributed by atoms with Gasteiger partial charge in [0.2, 0.25) is 5.88 Å². The molecule has 0 aliphatic carbocycles. The van der Waals surface area contributed by atoms with Crippen molar-refractivity contribution < 1.29 is 23.8 Å². The molecule has 0 spiro atoms.